The molecule has 68 valence electrons. The first-order valence-corrected chi connectivity index (χ1v) is 3.79. The number of alkyl carbamates (subject to hydrolysis) is 1. The molecule has 0 saturated heterocycles. The molecule has 0 unspecified atom stereocenters. The van der Waals surface area contributed by atoms with Crippen LogP contribution in [0.3, 0.4) is 0 Å². The summed E-state index contributed by atoms with van der Waals surface area (Å²) < 4.78 is 4.92. The molecular weight excluding hydrogens is 156 g/mol. The van der Waals surface area contributed by atoms with Crippen LogP contribution >= 0.6 is 0 Å². The van der Waals surface area contributed by atoms with Gasteiger partial charge in [0.2, 0.25) is 0 Å². The Morgan fingerprint density at radius 3 is 2.58 bits per heavy atom. The second-order valence-electron chi connectivity index (χ2n) is 3.34. The number of ether oxygens (including phenoxy) is 1. The lowest BCUT2D eigenvalue weighted by Gasteiger charge is -2.19. The summed E-state index contributed by atoms with van der Waals surface area (Å²) in [6.45, 7) is 5.70. The Labute approximate surface area is 72.5 Å². The van der Waals surface area contributed by atoms with Gasteiger partial charge in [0, 0.05) is 6.54 Å². The summed E-state index contributed by atoms with van der Waals surface area (Å²) in [5.41, 5.74) is -0.475. The van der Waals surface area contributed by atoms with E-state index in [0.717, 1.165) is 0 Å². The van der Waals surface area contributed by atoms with Crippen molar-refractivity contribution in [3.05, 3.63) is 0 Å². The highest BCUT2D eigenvalue weighted by Crippen LogP contribution is 2.05. The first-order valence-electron chi connectivity index (χ1n) is 3.79. The number of hydrogen-bond donors (Lipinski definition) is 1. The summed E-state index contributed by atoms with van der Waals surface area (Å²) in [5, 5.41) is 10.6. The van der Waals surface area contributed by atoms with E-state index in [4.69, 9.17) is 10.00 Å². The molecule has 0 radical (unpaired) electrons. The molecular formula is C8H14N2O2. The second kappa shape index (κ2) is 4.60. The number of carbonyl (C=O) groups is 1. The fourth-order valence-corrected chi connectivity index (χ4v) is 0.535. The van der Waals surface area contributed by atoms with E-state index < -0.39 is 11.7 Å². The van der Waals surface area contributed by atoms with Crippen LogP contribution in [0.2, 0.25) is 0 Å². The molecule has 4 heteroatoms. The highest BCUT2D eigenvalue weighted by Gasteiger charge is 2.15. The van der Waals surface area contributed by atoms with Crippen LogP contribution in [0.1, 0.15) is 27.2 Å². The first-order chi connectivity index (χ1) is 5.45. The van der Waals surface area contributed by atoms with Crippen molar-refractivity contribution in [3.8, 4) is 6.07 Å². The summed E-state index contributed by atoms with van der Waals surface area (Å²) >= 11 is 0. The van der Waals surface area contributed by atoms with Crippen molar-refractivity contribution in [1.29, 1.82) is 5.26 Å². The van der Waals surface area contributed by atoms with Crippen LogP contribution in [0.25, 0.3) is 0 Å². The van der Waals surface area contributed by atoms with E-state index in [1.54, 1.807) is 20.8 Å². The van der Waals surface area contributed by atoms with Gasteiger partial charge in [-0.15, -0.1) is 0 Å². The van der Waals surface area contributed by atoms with E-state index in [1.807, 2.05) is 6.07 Å². The van der Waals surface area contributed by atoms with Gasteiger partial charge in [-0.1, -0.05) is 0 Å². The van der Waals surface area contributed by atoms with Crippen LogP contribution in [-0.2, 0) is 4.74 Å². The number of rotatable bonds is 2. The fourth-order valence-electron chi connectivity index (χ4n) is 0.535. The minimum absolute atomic E-state index is 0.305. The summed E-state index contributed by atoms with van der Waals surface area (Å²) in [4.78, 5) is 10.9. The minimum atomic E-state index is -0.475. The number of carbonyl (C=O) groups excluding carboxylic acids is 1. The summed E-state index contributed by atoms with van der Waals surface area (Å²) in [5.74, 6) is 0. The van der Waals surface area contributed by atoms with Crippen LogP contribution in [0.4, 0.5) is 4.79 Å². The van der Waals surface area contributed by atoms with Crippen molar-refractivity contribution in [3.63, 3.8) is 0 Å². The lowest BCUT2D eigenvalue weighted by atomic mass is 10.2. The van der Waals surface area contributed by atoms with Crippen LogP contribution in [0.15, 0.2) is 0 Å². The van der Waals surface area contributed by atoms with E-state index in [1.165, 1.54) is 0 Å². The Balaban J connectivity index is 3.56. The molecule has 0 aromatic heterocycles. The van der Waals surface area contributed by atoms with Gasteiger partial charge in [-0.25, -0.2) is 4.79 Å². The maximum absolute atomic E-state index is 10.9. The van der Waals surface area contributed by atoms with E-state index in [2.05, 4.69) is 5.32 Å². The average Bonchev–Trinajstić information content (AvgIpc) is 1.84. The Kier molecular flexibility index (Phi) is 4.12. The summed E-state index contributed by atoms with van der Waals surface area (Å²) in [6.07, 6.45) is -0.170. The van der Waals surface area contributed by atoms with Gasteiger partial charge in [-0.3, -0.25) is 0 Å². The third-order valence-electron chi connectivity index (χ3n) is 0.905. The number of hydrogen-bond acceptors (Lipinski definition) is 3. The van der Waals surface area contributed by atoms with Gasteiger partial charge in [0.05, 0.1) is 12.5 Å². The van der Waals surface area contributed by atoms with Crippen LogP contribution in [-0.4, -0.2) is 18.2 Å². The van der Waals surface area contributed by atoms with Gasteiger partial charge in [0.15, 0.2) is 0 Å². The van der Waals surface area contributed by atoms with Gasteiger partial charge in [0.1, 0.15) is 5.60 Å². The monoisotopic (exact) mass is 170 g/mol. The van der Waals surface area contributed by atoms with Crippen LogP contribution < -0.4 is 5.32 Å². The van der Waals surface area contributed by atoms with E-state index >= 15 is 0 Å². The van der Waals surface area contributed by atoms with Crippen molar-refractivity contribution >= 4 is 6.09 Å². The maximum Gasteiger partial charge on any atom is 0.407 e. The van der Waals surface area contributed by atoms with Crippen LogP contribution in [0.5, 0.6) is 0 Å². The number of amides is 1. The lowest BCUT2D eigenvalue weighted by molar-refractivity contribution is 0.0529. The smallest absolute Gasteiger partial charge is 0.407 e. The maximum atomic E-state index is 10.9. The van der Waals surface area contributed by atoms with Crippen molar-refractivity contribution in [1.82, 2.24) is 5.32 Å². The predicted octanol–water partition coefficient (Wildman–Crippen LogP) is 1.42. The third kappa shape index (κ3) is 6.87. The Bertz CT molecular complexity index is 188. The van der Waals surface area contributed by atoms with E-state index in [0.29, 0.717) is 13.0 Å². The molecule has 0 spiro atoms. The van der Waals surface area contributed by atoms with Crippen molar-refractivity contribution in [2.45, 2.75) is 32.8 Å². The molecule has 1 amide bonds. The van der Waals surface area contributed by atoms with Gasteiger partial charge in [0.25, 0.3) is 0 Å². The molecule has 0 aliphatic rings. The zero-order valence-electron chi connectivity index (χ0n) is 7.68. The molecule has 0 aromatic rings. The molecule has 0 heterocycles. The van der Waals surface area contributed by atoms with Crippen LogP contribution in [0, 0.1) is 11.3 Å². The summed E-state index contributed by atoms with van der Waals surface area (Å²) in [6, 6.07) is 1.92. The molecule has 0 rings (SSSR count). The second-order valence-corrected chi connectivity index (χ2v) is 3.34. The third-order valence-corrected chi connectivity index (χ3v) is 0.905. The molecule has 1 N–H and O–H groups in total. The minimum Gasteiger partial charge on any atom is -0.444 e. The molecule has 0 aliphatic carbocycles. The molecule has 0 saturated carbocycles. The number of nitrogens with zero attached hydrogens (tertiary/aromatic N) is 1. The molecule has 0 atom stereocenters. The average molecular weight is 170 g/mol. The van der Waals surface area contributed by atoms with Gasteiger partial charge < -0.3 is 10.1 Å². The fraction of sp³-hybridized carbons (Fsp3) is 0.750. The molecule has 0 aromatic carbocycles. The number of nitriles is 1. The molecule has 0 bridgehead atoms. The highest BCUT2D eigenvalue weighted by atomic mass is 16.6. The Morgan fingerprint density at radius 1 is 1.58 bits per heavy atom. The molecule has 0 fully saturated rings. The highest BCUT2D eigenvalue weighted by molar-refractivity contribution is 5.67. The van der Waals surface area contributed by atoms with E-state index in [9.17, 15) is 4.79 Å². The zero-order valence-corrected chi connectivity index (χ0v) is 7.68. The van der Waals surface area contributed by atoms with E-state index in [-0.39, 0.29) is 0 Å². The van der Waals surface area contributed by atoms with Crippen molar-refractivity contribution in [2.24, 2.45) is 0 Å². The molecule has 0 aliphatic heterocycles. The van der Waals surface area contributed by atoms with Gasteiger partial charge in [-0.2, -0.15) is 5.26 Å². The Morgan fingerprint density at radius 2 is 2.17 bits per heavy atom. The zero-order chi connectivity index (χ0) is 9.61. The van der Waals surface area contributed by atoms with Crippen molar-refractivity contribution in [2.75, 3.05) is 6.54 Å². The lowest BCUT2D eigenvalue weighted by Crippen LogP contribution is -2.32. The Hall–Kier alpha value is -1.24. The predicted molar refractivity (Wildman–Crippen MR) is 44.5 cm³/mol. The van der Waals surface area contributed by atoms with Gasteiger partial charge >= 0.3 is 6.09 Å². The standard InChI is InChI=1S/C8H14N2O2/c1-8(2,3)12-7(11)10-6-4-5-9/h4,6H2,1-3H3,(H,10,11). The van der Waals surface area contributed by atoms with Gasteiger partial charge in [-0.05, 0) is 20.8 Å². The topological polar surface area (TPSA) is 62.1 Å². The quantitative estimate of drug-likeness (QED) is 0.637. The number of nitrogens with one attached hydrogen (secondary N) is 1. The van der Waals surface area contributed by atoms with Crippen molar-refractivity contribution < 1.29 is 9.53 Å². The normalized spacial score (nSPS) is 10.2. The molecule has 12 heavy (non-hydrogen) atoms. The molecule has 4 nitrogen and oxygen atoms in total. The largest absolute Gasteiger partial charge is 0.444 e. The SMILES string of the molecule is CC(C)(C)OC(=O)NCCC#N. The first kappa shape index (κ1) is 10.8. The summed E-state index contributed by atoms with van der Waals surface area (Å²) in [7, 11) is 0.